The van der Waals surface area contributed by atoms with Gasteiger partial charge in [0, 0.05) is 30.2 Å². The number of carbonyl (C=O) groups is 1. The second kappa shape index (κ2) is 7.94. The molecule has 132 valence electrons. The van der Waals surface area contributed by atoms with Crippen molar-refractivity contribution >= 4 is 5.91 Å². The number of rotatable bonds is 6. The number of amides is 1. The van der Waals surface area contributed by atoms with Crippen LogP contribution < -0.4 is 14.8 Å². The number of methoxy groups -OCH3 is 2. The lowest BCUT2D eigenvalue weighted by Crippen LogP contribution is -2.29. The second-order valence-corrected chi connectivity index (χ2v) is 5.79. The van der Waals surface area contributed by atoms with Gasteiger partial charge in [0.05, 0.1) is 26.9 Å². The fourth-order valence-electron chi connectivity index (χ4n) is 2.60. The molecule has 1 aromatic heterocycles. The molecule has 1 fully saturated rings. The average molecular weight is 343 g/mol. The molecule has 3 rings (SSSR count). The first-order valence-corrected chi connectivity index (χ1v) is 8.13. The van der Waals surface area contributed by atoms with Gasteiger partial charge in [-0.05, 0) is 18.6 Å². The van der Waals surface area contributed by atoms with Crippen LogP contribution in [0, 0.1) is 5.92 Å². The van der Waals surface area contributed by atoms with Crippen LogP contribution in [-0.2, 0) is 4.74 Å². The van der Waals surface area contributed by atoms with Crippen LogP contribution in [0.5, 0.6) is 11.8 Å². The van der Waals surface area contributed by atoms with Crippen molar-refractivity contribution in [2.75, 3.05) is 34.0 Å². The number of hydrogen-bond donors (Lipinski definition) is 1. The summed E-state index contributed by atoms with van der Waals surface area (Å²) in [5.41, 5.74) is 1.37. The number of nitrogens with zero attached hydrogens (tertiary/aromatic N) is 2. The van der Waals surface area contributed by atoms with Gasteiger partial charge in [0.25, 0.3) is 5.91 Å². The van der Waals surface area contributed by atoms with E-state index in [1.165, 1.54) is 14.2 Å². The van der Waals surface area contributed by atoms with E-state index in [1.807, 2.05) is 12.1 Å². The van der Waals surface area contributed by atoms with E-state index < -0.39 is 0 Å². The van der Waals surface area contributed by atoms with Gasteiger partial charge in [-0.2, -0.15) is 9.97 Å². The number of nitrogens with one attached hydrogen (secondary N) is 1. The van der Waals surface area contributed by atoms with Gasteiger partial charge in [-0.15, -0.1) is 0 Å². The molecule has 0 aliphatic carbocycles. The van der Waals surface area contributed by atoms with E-state index in [9.17, 15) is 4.79 Å². The number of benzene rings is 1. The summed E-state index contributed by atoms with van der Waals surface area (Å²) >= 11 is 0. The SMILES string of the molecule is COc1cc(OC)nc(-c2ccc(C(=O)NC[C@@H]3CCOC3)cc2)n1. The lowest BCUT2D eigenvalue weighted by Gasteiger charge is -2.10. The maximum Gasteiger partial charge on any atom is 0.251 e. The molecule has 1 atom stereocenters. The molecule has 7 heteroatoms. The molecule has 1 saturated heterocycles. The van der Waals surface area contributed by atoms with Gasteiger partial charge in [0.2, 0.25) is 11.8 Å². The van der Waals surface area contributed by atoms with Crippen molar-refractivity contribution in [1.29, 1.82) is 0 Å². The predicted molar refractivity (Wildman–Crippen MR) is 91.8 cm³/mol. The summed E-state index contributed by atoms with van der Waals surface area (Å²) in [7, 11) is 3.07. The third-order valence-electron chi connectivity index (χ3n) is 4.08. The van der Waals surface area contributed by atoms with Crippen molar-refractivity contribution in [1.82, 2.24) is 15.3 Å². The average Bonchev–Trinajstić information content (AvgIpc) is 3.19. The standard InChI is InChI=1S/C18H21N3O4/c1-23-15-9-16(24-2)21-17(20-15)13-3-5-14(6-4-13)18(22)19-10-12-7-8-25-11-12/h3-6,9,12H,7-8,10-11H2,1-2H3,(H,19,22)/t12-/m0/s1. The summed E-state index contributed by atoms with van der Waals surface area (Å²) in [6, 6.07) is 8.73. The van der Waals surface area contributed by atoms with Crippen LogP contribution in [0.1, 0.15) is 16.8 Å². The van der Waals surface area contributed by atoms with Crippen molar-refractivity contribution < 1.29 is 19.0 Å². The minimum Gasteiger partial charge on any atom is -0.481 e. The first-order chi connectivity index (χ1) is 12.2. The van der Waals surface area contributed by atoms with E-state index in [2.05, 4.69) is 15.3 Å². The van der Waals surface area contributed by atoms with Gasteiger partial charge in [-0.1, -0.05) is 12.1 Å². The smallest absolute Gasteiger partial charge is 0.251 e. The number of carbonyl (C=O) groups excluding carboxylic acids is 1. The molecule has 0 spiro atoms. The highest BCUT2D eigenvalue weighted by Crippen LogP contribution is 2.22. The van der Waals surface area contributed by atoms with Crippen LogP contribution in [0.4, 0.5) is 0 Å². The van der Waals surface area contributed by atoms with E-state index in [4.69, 9.17) is 14.2 Å². The summed E-state index contributed by atoms with van der Waals surface area (Å²) in [5.74, 6) is 1.62. The fraction of sp³-hybridized carbons (Fsp3) is 0.389. The quantitative estimate of drug-likeness (QED) is 0.863. The number of ether oxygens (including phenoxy) is 3. The molecule has 1 aliphatic heterocycles. The lowest BCUT2D eigenvalue weighted by atomic mass is 10.1. The van der Waals surface area contributed by atoms with E-state index in [0.29, 0.717) is 42.2 Å². The molecule has 0 radical (unpaired) electrons. The molecule has 1 amide bonds. The normalized spacial score (nSPS) is 16.5. The molecule has 2 heterocycles. The van der Waals surface area contributed by atoms with Gasteiger partial charge in [0.15, 0.2) is 5.82 Å². The Morgan fingerprint density at radius 1 is 1.20 bits per heavy atom. The molecule has 0 unspecified atom stereocenters. The Kier molecular flexibility index (Phi) is 5.45. The molecule has 7 nitrogen and oxygen atoms in total. The first-order valence-electron chi connectivity index (χ1n) is 8.13. The Morgan fingerprint density at radius 3 is 2.44 bits per heavy atom. The zero-order valence-corrected chi connectivity index (χ0v) is 14.3. The van der Waals surface area contributed by atoms with Crippen LogP contribution in [0.2, 0.25) is 0 Å². The van der Waals surface area contributed by atoms with Gasteiger partial charge in [0.1, 0.15) is 0 Å². The zero-order chi connectivity index (χ0) is 17.6. The van der Waals surface area contributed by atoms with Gasteiger partial charge >= 0.3 is 0 Å². The van der Waals surface area contributed by atoms with E-state index in [1.54, 1.807) is 18.2 Å². The monoisotopic (exact) mass is 343 g/mol. The minimum absolute atomic E-state index is 0.0948. The highest BCUT2D eigenvalue weighted by atomic mass is 16.5. The summed E-state index contributed by atoms with van der Waals surface area (Å²) in [5, 5.41) is 2.95. The first kappa shape index (κ1) is 17.2. The highest BCUT2D eigenvalue weighted by molar-refractivity contribution is 5.94. The summed E-state index contributed by atoms with van der Waals surface area (Å²) < 4.78 is 15.6. The molecule has 0 saturated carbocycles. The van der Waals surface area contributed by atoms with Crippen molar-refractivity contribution in [2.24, 2.45) is 5.92 Å². The number of hydrogen-bond acceptors (Lipinski definition) is 6. The van der Waals surface area contributed by atoms with E-state index in [0.717, 1.165) is 18.6 Å². The van der Waals surface area contributed by atoms with Crippen molar-refractivity contribution in [3.8, 4) is 23.1 Å². The maximum atomic E-state index is 12.2. The Morgan fingerprint density at radius 2 is 1.88 bits per heavy atom. The number of aromatic nitrogens is 2. The molecule has 1 N–H and O–H groups in total. The Labute approximate surface area is 146 Å². The van der Waals surface area contributed by atoms with Gasteiger partial charge in [-0.3, -0.25) is 4.79 Å². The van der Waals surface area contributed by atoms with E-state index in [-0.39, 0.29) is 5.91 Å². The van der Waals surface area contributed by atoms with Crippen molar-refractivity contribution in [3.05, 3.63) is 35.9 Å². The molecule has 1 aromatic carbocycles. The third kappa shape index (κ3) is 4.24. The molecule has 0 bridgehead atoms. The van der Waals surface area contributed by atoms with Crippen LogP contribution in [0.3, 0.4) is 0 Å². The molecule has 2 aromatic rings. The second-order valence-electron chi connectivity index (χ2n) is 5.79. The summed E-state index contributed by atoms with van der Waals surface area (Å²) in [6.07, 6.45) is 0.994. The Bertz CT molecular complexity index is 705. The molecule has 25 heavy (non-hydrogen) atoms. The molecular weight excluding hydrogens is 322 g/mol. The predicted octanol–water partition coefficient (Wildman–Crippen LogP) is 1.93. The summed E-state index contributed by atoms with van der Waals surface area (Å²) in [4.78, 5) is 20.8. The van der Waals surface area contributed by atoms with Gasteiger partial charge in [-0.25, -0.2) is 0 Å². The zero-order valence-electron chi connectivity index (χ0n) is 14.3. The van der Waals surface area contributed by atoms with Crippen LogP contribution in [0.15, 0.2) is 30.3 Å². The Hall–Kier alpha value is -2.67. The van der Waals surface area contributed by atoms with Crippen molar-refractivity contribution in [3.63, 3.8) is 0 Å². The molecule has 1 aliphatic rings. The van der Waals surface area contributed by atoms with Crippen molar-refractivity contribution in [2.45, 2.75) is 6.42 Å². The summed E-state index contributed by atoms with van der Waals surface area (Å²) in [6.45, 7) is 2.13. The Balaban J connectivity index is 1.70. The lowest BCUT2D eigenvalue weighted by molar-refractivity contribution is 0.0945. The molecular formula is C18H21N3O4. The fourth-order valence-corrected chi connectivity index (χ4v) is 2.60. The van der Waals surface area contributed by atoms with Crippen LogP contribution in [-0.4, -0.2) is 49.9 Å². The van der Waals surface area contributed by atoms with Crippen LogP contribution in [0.25, 0.3) is 11.4 Å². The van der Waals surface area contributed by atoms with Crippen LogP contribution >= 0.6 is 0 Å². The topological polar surface area (TPSA) is 82.6 Å². The third-order valence-corrected chi connectivity index (χ3v) is 4.08. The maximum absolute atomic E-state index is 12.2. The minimum atomic E-state index is -0.0948. The van der Waals surface area contributed by atoms with Gasteiger partial charge < -0.3 is 19.5 Å². The van der Waals surface area contributed by atoms with E-state index >= 15 is 0 Å². The highest BCUT2D eigenvalue weighted by Gasteiger charge is 2.17. The largest absolute Gasteiger partial charge is 0.481 e.